The van der Waals surface area contributed by atoms with Crippen molar-refractivity contribution in [1.29, 1.82) is 0 Å². The second-order valence-electron chi connectivity index (χ2n) is 9.87. The van der Waals surface area contributed by atoms with Gasteiger partial charge in [-0.15, -0.1) is 0 Å². The first-order valence-electron chi connectivity index (χ1n) is 12.3. The number of likely N-dealkylation sites (N-methyl/N-ethyl adjacent to an activating group) is 1. The summed E-state index contributed by atoms with van der Waals surface area (Å²) >= 11 is 0. The molecule has 7 heteroatoms. The van der Waals surface area contributed by atoms with E-state index in [1.165, 1.54) is 4.90 Å². The molecule has 1 heterocycles. The molecule has 2 amide bonds. The lowest BCUT2D eigenvalue weighted by atomic mass is 9.94. The Labute approximate surface area is 208 Å². The van der Waals surface area contributed by atoms with Gasteiger partial charge in [0.1, 0.15) is 0 Å². The van der Waals surface area contributed by atoms with Gasteiger partial charge >= 0.3 is 6.09 Å². The Morgan fingerprint density at radius 3 is 2.40 bits per heavy atom. The predicted octanol–water partition coefficient (Wildman–Crippen LogP) is 4.44. The number of hydrogen-bond acceptors (Lipinski definition) is 5. The van der Waals surface area contributed by atoms with Gasteiger partial charge in [-0.3, -0.25) is 4.79 Å². The molecule has 0 bridgehead atoms. The number of aliphatic hydroxyl groups excluding tert-OH is 1. The minimum absolute atomic E-state index is 0.106. The summed E-state index contributed by atoms with van der Waals surface area (Å²) in [5, 5.41) is 9.93. The monoisotopic (exact) mass is 482 g/mol. The standard InChI is InChI=1S/C28H38N2O5/c1-19(2)17-35-28(33)29(5)15-26-20(3)14-30(21(4)16-31)27(32)25-13-9-8-12-24(25)23-11-7-6-10-22(23)18-34-26/h6-13,19-21,26,31H,14-18H2,1-5H3/t20-,21-,26+/m0/s1. The number of benzene rings is 2. The molecule has 190 valence electrons. The van der Waals surface area contributed by atoms with Crippen LogP contribution in [-0.2, 0) is 16.1 Å². The molecule has 0 saturated carbocycles. The van der Waals surface area contributed by atoms with E-state index >= 15 is 0 Å². The molecule has 1 aliphatic heterocycles. The van der Waals surface area contributed by atoms with Crippen LogP contribution in [-0.4, -0.2) is 72.4 Å². The summed E-state index contributed by atoms with van der Waals surface area (Å²) < 4.78 is 11.8. The third kappa shape index (κ3) is 6.61. The molecule has 0 spiro atoms. The van der Waals surface area contributed by atoms with Crippen molar-refractivity contribution in [2.75, 3.05) is 33.4 Å². The van der Waals surface area contributed by atoms with Gasteiger partial charge in [-0.1, -0.05) is 63.2 Å². The van der Waals surface area contributed by atoms with Gasteiger partial charge in [-0.2, -0.15) is 0 Å². The summed E-state index contributed by atoms with van der Waals surface area (Å²) in [7, 11) is 1.70. The zero-order valence-electron chi connectivity index (χ0n) is 21.4. The zero-order valence-corrected chi connectivity index (χ0v) is 21.4. The van der Waals surface area contributed by atoms with E-state index in [2.05, 4.69) is 0 Å². The van der Waals surface area contributed by atoms with Crippen LogP contribution in [0.4, 0.5) is 4.79 Å². The van der Waals surface area contributed by atoms with Crippen molar-refractivity contribution >= 4 is 12.0 Å². The molecule has 3 atom stereocenters. The van der Waals surface area contributed by atoms with Crippen LogP contribution in [0.1, 0.15) is 43.6 Å². The van der Waals surface area contributed by atoms with Gasteiger partial charge < -0.3 is 24.4 Å². The van der Waals surface area contributed by atoms with Crippen molar-refractivity contribution < 1.29 is 24.2 Å². The fourth-order valence-electron chi connectivity index (χ4n) is 4.24. The van der Waals surface area contributed by atoms with E-state index in [4.69, 9.17) is 9.47 Å². The maximum atomic E-state index is 13.8. The Hall–Kier alpha value is -2.90. The Kier molecular flexibility index (Phi) is 9.29. The Morgan fingerprint density at radius 1 is 1.11 bits per heavy atom. The largest absolute Gasteiger partial charge is 0.449 e. The van der Waals surface area contributed by atoms with Gasteiger partial charge in [0.15, 0.2) is 0 Å². The van der Waals surface area contributed by atoms with E-state index < -0.39 is 6.09 Å². The third-order valence-corrected chi connectivity index (χ3v) is 6.40. The number of nitrogens with zero attached hydrogens (tertiary/aromatic N) is 2. The molecular formula is C28H38N2O5. The molecule has 2 aromatic carbocycles. The molecule has 1 aliphatic rings. The summed E-state index contributed by atoms with van der Waals surface area (Å²) in [5.41, 5.74) is 3.34. The van der Waals surface area contributed by atoms with Crippen LogP contribution in [0.15, 0.2) is 48.5 Å². The van der Waals surface area contributed by atoms with Gasteiger partial charge in [-0.25, -0.2) is 4.79 Å². The number of rotatable bonds is 6. The van der Waals surface area contributed by atoms with E-state index in [0.29, 0.717) is 31.9 Å². The molecule has 7 nitrogen and oxygen atoms in total. The van der Waals surface area contributed by atoms with Crippen LogP contribution >= 0.6 is 0 Å². The topological polar surface area (TPSA) is 79.3 Å². The van der Waals surface area contributed by atoms with E-state index in [9.17, 15) is 14.7 Å². The SMILES string of the molecule is CC(C)COC(=O)N(C)C[C@H]1OCc2ccccc2-c2ccccc2C(=O)N([C@@H](C)CO)C[C@@H]1C. The minimum atomic E-state index is -0.395. The van der Waals surface area contributed by atoms with Crippen LogP contribution in [0.25, 0.3) is 11.1 Å². The highest BCUT2D eigenvalue weighted by Crippen LogP contribution is 2.31. The van der Waals surface area contributed by atoms with Crippen molar-refractivity contribution in [1.82, 2.24) is 9.80 Å². The molecule has 1 N–H and O–H groups in total. The highest BCUT2D eigenvalue weighted by molar-refractivity contribution is 6.01. The zero-order chi connectivity index (χ0) is 25.5. The second-order valence-corrected chi connectivity index (χ2v) is 9.87. The first kappa shape index (κ1) is 26.7. The normalized spacial score (nSPS) is 19.4. The summed E-state index contributed by atoms with van der Waals surface area (Å²) in [4.78, 5) is 29.6. The maximum Gasteiger partial charge on any atom is 0.409 e. The Bertz CT molecular complexity index is 1010. The first-order valence-corrected chi connectivity index (χ1v) is 12.3. The van der Waals surface area contributed by atoms with Crippen molar-refractivity contribution in [3.63, 3.8) is 0 Å². The average molecular weight is 483 g/mol. The molecule has 0 saturated heterocycles. The van der Waals surface area contributed by atoms with Crippen molar-refractivity contribution in [3.05, 3.63) is 59.7 Å². The summed E-state index contributed by atoms with van der Waals surface area (Å²) in [6.07, 6.45) is -0.740. The van der Waals surface area contributed by atoms with E-state index in [0.717, 1.165) is 16.7 Å². The van der Waals surface area contributed by atoms with Gasteiger partial charge in [0.05, 0.1) is 38.5 Å². The lowest BCUT2D eigenvalue weighted by Gasteiger charge is -2.35. The lowest BCUT2D eigenvalue weighted by Crippen LogP contribution is -2.47. The van der Waals surface area contributed by atoms with Crippen LogP contribution in [0.2, 0.25) is 0 Å². The summed E-state index contributed by atoms with van der Waals surface area (Å²) in [6.45, 7) is 9.09. The molecule has 3 rings (SSSR count). The smallest absolute Gasteiger partial charge is 0.409 e. The molecule has 0 unspecified atom stereocenters. The predicted molar refractivity (Wildman–Crippen MR) is 136 cm³/mol. The fraction of sp³-hybridized carbons (Fsp3) is 0.500. The second kappa shape index (κ2) is 12.2. The van der Waals surface area contributed by atoms with E-state index in [-0.39, 0.29) is 36.5 Å². The molecule has 0 aromatic heterocycles. The number of hydrogen-bond donors (Lipinski definition) is 1. The Balaban J connectivity index is 1.98. The number of amides is 2. The Morgan fingerprint density at radius 2 is 1.74 bits per heavy atom. The number of carbonyl (C=O) groups excluding carboxylic acids is 2. The average Bonchev–Trinajstić information content (AvgIpc) is 2.88. The fourth-order valence-corrected chi connectivity index (χ4v) is 4.24. The third-order valence-electron chi connectivity index (χ3n) is 6.40. The summed E-state index contributed by atoms with van der Waals surface area (Å²) in [5.74, 6) is 0.0116. The number of aliphatic hydroxyl groups is 1. The number of ether oxygens (including phenoxy) is 2. The van der Waals surface area contributed by atoms with Crippen molar-refractivity contribution in [3.8, 4) is 11.1 Å². The molecular weight excluding hydrogens is 444 g/mol. The van der Waals surface area contributed by atoms with Crippen LogP contribution < -0.4 is 0 Å². The van der Waals surface area contributed by atoms with Crippen LogP contribution in [0.3, 0.4) is 0 Å². The quantitative estimate of drug-likeness (QED) is 0.659. The van der Waals surface area contributed by atoms with Gasteiger partial charge in [0.25, 0.3) is 5.91 Å². The number of fused-ring (bicyclic) bond motifs is 3. The van der Waals surface area contributed by atoms with Crippen molar-refractivity contribution in [2.24, 2.45) is 11.8 Å². The van der Waals surface area contributed by atoms with Crippen molar-refractivity contribution in [2.45, 2.75) is 46.4 Å². The number of carbonyl (C=O) groups is 2. The molecule has 0 aliphatic carbocycles. The maximum absolute atomic E-state index is 13.8. The van der Waals surface area contributed by atoms with Gasteiger partial charge in [-0.05, 0) is 35.6 Å². The lowest BCUT2D eigenvalue weighted by molar-refractivity contribution is -0.0234. The molecule has 35 heavy (non-hydrogen) atoms. The minimum Gasteiger partial charge on any atom is -0.449 e. The highest BCUT2D eigenvalue weighted by atomic mass is 16.6. The van der Waals surface area contributed by atoms with Gasteiger partial charge in [0.2, 0.25) is 0 Å². The van der Waals surface area contributed by atoms with Crippen LogP contribution in [0.5, 0.6) is 0 Å². The summed E-state index contributed by atoms with van der Waals surface area (Å²) in [6, 6.07) is 15.1. The molecule has 0 radical (unpaired) electrons. The van der Waals surface area contributed by atoms with Crippen LogP contribution in [0, 0.1) is 11.8 Å². The van der Waals surface area contributed by atoms with E-state index in [1.807, 2.05) is 76.2 Å². The first-order chi connectivity index (χ1) is 16.7. The van der Waals surface area contributed by atoms with Gasteiger partial charge in [0, 0.05) is 25.1 Å². The van der Waals surface area contributed by atoms with E-state index in [1.54, 1.807) is 11.9 Å². The molecule has 0 fully saturated rings. The molecule has 2 aromatic rings. The highest BCUT2D eigenvalue weighted by Gasteiger charge is 2.31.